The molecule has 0 spiro atoms. The van der Waals surface area contributed by atoms with Crippen LogP contribution < -0.4 is 9.47 Å². The van der Waals surface area contributed by atoms with Gasteiger partial charge in [0.1, 0.15) is 0 Å². The van der Waals surface area contributed by atoms with Gasteiger partial charge in [-0.05, 0) is 39.7 Å². The van der Waals surface area contributed by atoms with Crippen LogP contribution in [-0.4, -0.2) is 17.2 Å². The predicted octanol–water partition coefficient (Wildman–Crippen LogP) is 2.68. The zero-order chi connectivity index (χ0) is 13.9. The van der Waals surface area contributed by atoms with E-state index in [1.165, 1.54) is 26.0 Å². The molecule has 18 heavy (non-hydrogen) atoms. The number of halogens is 2. The van der Waals surface area contributed by atoms with Gasteiger partial charge in [-0.2, -0.15) is 0 Å². The zero-order valence-corrected chi connectivity index (χ0v) is 11.8. The molecule has 0 N–H and O–H groups in total. The van der Waals surface area contributed by atoms with Crippen LogP contribution in [0, 0.1) is 0 Å². The van der Waals surface area contributed by atoms with Gasteiger partial charge in [-0.15, -0.1) is 0 Å². The summed E-state index contributed by atoms with van der Waals surface area (Å²) in [7, 11) is 0. The molecule has 1 aromatic carbocycles. The lowest BCUT2D eigenvalue weighted by Gasteiger charge is -2.10. The van der Waals surface area contributed by atoms with Crippen molar-refractivity contribution in [3.05, 3.63) is 22.2 Å². The van der Waals surface area contributed by atoms with Crippen LogP contribution in [0.4, 0.5) is 0 Å². The summed E-state index contributed by atoms with van der Waals surface area (Å²) in [5.41, 5.74) is 0.101. The van der Waals surface area contributed by atoms with E-state index in [1.807, 2.05) is 0 Å². The van der Waals surface area contributed by atoms with Gasteiger partial charge in [0, 0.05) is 18.3 Å². The molecule has 0 aliphatic heterocycles. The van der Waals surface area contributed by atoms with Gasteiger partial charge in [0.05, 0.1) is 5.56 Å². The second kappa shape index (κ2) is 5.97. The number of ether oxygens (including phenoxy) is 2. The highest BCUT2D eigenvalue weighted by molar-refractivity contribution is 9.10. The molecule has 0 unspecified atom stereocenters. The van der Waals surface area contributed by atoms with Gasteiger partial charge in [-0.1, -0.05) is 0 Å². The average molecular weight is 336 g/mol. The molecule has 0 atom stereocenters. The monoisotopic (exact) mass is 334 g/mol. The lowest BCUT2D eigenvalue weighted by atomic mass is 10.2. The molecule has 0 heterocycles. The van der Waals surface area contributed by atoms with Crippen molar-refractivity contribution < 1.29 is 23.9 Å². The second-order valence-electron chi connectivity index (χ2n) is 3.24. The van der Waals surface area contributed by atoms with Crippen molar-refractivity contribution in [2.75, 3.05) is 0 Å². The summed E-state index contributed by atoms with van der Waals surface area (Å²) in [5, 5.41) is -0.732. The fourth-order valence-corrected chi connectivity index (χ4v) is 1.93. The Kier molecular flexibility index (Phi) is 4.86. The molecule has 5 nitrogen and oxygen atoms in total. The van der Waals surface area contributed by atoms with E-state index >= 15 is 0 Å². The zero-order valence-electron chi connectivity index (χ0n) is 9.45. The van der Waals surface area contributed by atoms with Crippen LogP contribution in [0.5, 0.6) is 11.5 Å². The number of esters is 2. The number of hydrogen-bond acceptors (Lipinski definition) is 5. The van der Waals surface area contributed by atoms with Gasteiger partial charge in [0.2, 0.25) is 0 Å². The topological polar surface area (TPSA) is 69.7 Å². The molecular weight excluding hydrogens is 327 g/mol. The molecule has 7 heteroatoms. The second-order valence-corrected chi connectivity index (χ2v) is 4.44. The molecule has 0 amide bonds. The molecule has 1 rings (SSSR count). The normalized spacial score (nSPS) is 9.78. The Morgan fingerprint density at radius 1 is 1.06 bits per heavy atom. The first-order chi connectivity index (χ1) is 8.31. The highest BCUT2D eigenvalue weighted by atomic mass is 79.9. The molecule has 0 bridgehead atoms. The fraction of sp³-hybridized carbons (Fsp3) is 0.182. The summed E-state index contributed by atoms with van der Waals surface area (Å²) in [5.74, 6) is -1.23. The molecule has 0 saturated carbocycles. The van der Waals surface area contributed by atoms with Crippen molar-refractivity contribution in [1.82, 2.24) is 0 Å². The predicted molar refractivity (Wildman–Crippen MR) is 66.9 cm³/mol. The molecular formula is C11H8BrClO5. The van der Waals surface area contributed by atoms with Gasteiger partial charge in [-0.25, -0.2) is 0 Å². The molecule has 1 aromatic rings. The van der Waals surface area contributed by atoms with Crippen LogP contribution >= 0.6 is 27.5 Å². The van der Waals surface area contributed by atoms with Gasteiger partial charge in [0.15, 0.2) is 11.5 Å². The minimum absolute atomic E-state index is 0.0197. The van der Waals surface area contributed by atoms with Crippen LogP contribution in [0.1, 0.15) is 24.2 Å². The summed E-state index contributed by atoms with van der Waals surface area (Å²) in [6, 6.07) is 2.55. The first-order valence-corrected chi connectivity index (χ1v) is 5.88. The standard InChI is InChI=1S/C11H8BrClO5/c1-5(14)17-9-3-7(11(13)16)8(12)4-10(9)18-6(2)15/h3-4H,1-2H3. The Hall–Kier alpha value is -1.40. The van der Waals surface area contributed by atoms with E-state index in [0.29, 0.717) is 4.47 Å². The lowest BCUT2D eigenvalue weighted by molar-refractivity contribution is -0.134. The fourth-order valence-electron chi connectivity index (χ4n) is 1.15. The first kappa shape index (κ1) is 14.7. The Labute approximate surface area is 116 Å². The van der Waals surface area contributed by atoms with Crippen molar-refractivity contribution in [2.45, 2.75) is 13.8 Å². The van der Waals surface area contributed by atoms with E-state index in [1.54, 1.807) is 0 Å². The van der Waals surface area contributed by atoms with Gasteiger partial charge in [-0.3, -0.25) is 14.4 Å². The van der Waals surface area contributed by atoms with Crippen molar-refractivity contribution >= 4 is 44.7 Å². The molecule has 0 radical (unpaired) electrons. The Morgan fingerprint density at radius 3 is 1.89 bits per heavy atom. The van der Waals surface area contributed by atoms with E-state index in [4.69, 9.17) is 21.1 Å². The minimum Gasteiger partial charge on any atom is -0.423 e. The van der Waals surface area contributed by atoms with Crippen LogP contribution in [0.3, 0.4) is 0 Å². The Bertz CT molecular complexity index is 526. The number of carbonyl (C=O) groups excluding carboxylic acids is 3. The Balaban J connectivity index is 3.31. The van der Waals surface area contributed by atoms with Crippen molar-refractivity contribution in [3.8, 4) is 11.5 Å². The van der Waals surface area contributed by atoms with E-state index in [-0.39, 0.29) is 17.1 Å². The van der Waals surface area contributed by atoms with Crippen LogP contribution in [0.15, 0.2) is 16.6 Å². The maximum Gasteiger partial charge on any atom is 0.308 e. The van der Waals surface area contributed by atoms with Crippen LogP contribution in [0.25, 0.3) is 0 Å². The number of hydrogen-bond donors (Lipinski definition) is 0. The van der Waals surface area contributed by atoms with Crippen molar-refractivity contribution in [3.63, 3.8) is 0 Å². The van der Waals surface area contributed by atoms with E-state index in [0.717, 1.165) is 0 Å². The number of carbonyl (C=O) groups is 3. The van der Waals surface area contributed by atoms with E-state index in [2.05, 4.69) is 15.9 Å². The summed E-state index contributed by atoms with van der Waals surface area (Å²) >= 11 is 8.46. The van der Waals surface area contributed by atoms with Gasteiger partial charge >= 0.3 is 11.9 Å². The summed E-state index contributed by atoms with van der Waals surface area (Å²) < 4.78 is 10.0. The smallest absolute Gasteiger partial charge is 0.308 e. The maximum atomic E-state index is 11.1. The summed E-state index contributed by atoms with van der Waals surface area (Å²) in [6.07, 6.45) is 0. The molecule has 0 aromatic heterocycles. The maximum absolute atomic E-state index is 11.1. The Morgan fingerprint density at radius 2 is 1.50 bits per heavy atom. The number of benzene rings is 1. The molecule has 0 aliphatic carbocycles. The quantitative estimate of drug-likeness (QED) is 0.482. The van der Waals surface area contributed by atoms with Crippen LogP contribution in [-0.2, 0) is 9.59 Å². The van der Waals surface area contributed by atoms with Crippen molar-refractivity contribution in [2.24, 2.45) is 0 Å². The highest BCUT2D eigenvalue weighted by Crippen LogP contribution is 2.34. The van der Waals surface area contributed by atoms with Gasteiger partial charge < -0.3 is 9.47 Å². The summed E-state index contributed by atoms with van der Waals surface area (Å²) in [4.78, 5) is 33.0. The van der Waals surface area contributed by atoms with E-state index < -0.39 is 17.2 Å². The first-order valence-electron chi connectivity index (χ1n) is 4.71. The highest BCUT2D eigenvalue weighted by Gasteiger charge is 2.17. The lowest BCUT2D eigenvalue weighted by Crippen LogP contribution is -2.08. The molecule has 0 saturated heterocycles. The minimum atomic E-state index is -0.732. The van der Waals surface area contributed by atoms with Gasteiger partial charge in [0.25, 0.3) is 5.24 Å². The molecule has 0 fully saturated rings. The van der Waals surface area contributed by atoms with Crippen LogP contribution in [0.2, 0.25) is 0 Å². The third kappa shape index (κ3) is 3.82. The third-order valence-corrected chi connectivity index (χ3v) is 2.61. The molecule has 96 valence electrons. The third-order valence-electron chi connectivity index (χ3n) is 1.75. The number of rotatable bonds is 3. The summed E-state index contributed by atoms with van der Waals surface area (Å²) in [6.45, 7) is 2.38. The SMILES string of the molecule is CC(=O)Oc1cc(Br)c(C(=O)Cl)cc1OC(C)=O. The van der Waals surface area contributed by atoms with Crippen molar-refractivity contribution in [1.29, 1.82) is 0 Å². The van der Waals surface area contributed by atoms with E-state index in [9.17, 15) is 14.4 Å². The average Bonchev–Trinajstić information content (AvgIpc) is 2.19. The largest absolute Gasteiger partial charge is 0.423 e. The molecule has 0 aliphatic rings.